The summed E-state index contributed by atoms with van der Waals surface area (Å²) in [6, 6.07) is 3.16. The molecule has 7 nitrogen and oxygen atoms in total. The Hall–Kier alpha value is -2.44. The summed E-state index contributed by atoms with van der Waals surface area (Å²) in [6.45, 7) is 6.85. The Bertz CT molecular complexity index is 572. The Kier molecular flexibility index (Phi) is 6.28. The van der Waals surface area contributed by atoms with Gasteiger partial charge >= 0.3 is 0 Å². The normalized spacial score (nSPS) is 13.1. The van der Waals surface area contributed by atoms with E-state index in [0.29, 0.717) is 42.6 Å². The smallest absolute Gasteiger partial charge is 0.269 e. The summed E-state index contributed by atoms with van der Waals surface area (Å²) < 4.78 is 16.7. The molecule has 0 heterocycles. The first-order valence-electron chi connectivity index (χ1n) is 8.27. The van der Waals surface area contributed by atoms with E-state index in [9.17, 15) is 9.59 Å². The number of ether oxygens (including phenoxy) is 3. The number of nitrogens with one attached hydrogen (secondary N) is 2. The Morgan fingerprint density at radius 3 is 1.96 bits per heavy atom. The second-order valence-electron chi connectivity index (χ2n) is 5.32. The van der Waals surface area contributed by atoms with Gasteiger partial charge in [0, 0.05) is 11.5 Å². The van der Waals surface area contributed by atoms with Gasteiger partial charge in [0.2, 0.25) is 11.7 Å². The molecular weight excluding hydrogens is 312 g/mol. The molecule has 1 aliphatic rings. The van der Waals surface area contributed by atoms with Crippen LogP contribution in [-0.4, -0.2) is 31.6 Å². The molecule has 1 aliphatic carbocycles. The van der Waals surface area contributed by atoms with Crippen LogP contribution in [0.15, 0.2) is 12.1 Å². The molecular formula is C17H24N2O5. The topological polar surface area (TPSA) is 85.9 Å². The summed E-state index contributed by atoms with van der Waals surface area (Å²) in [4.78, 5) is 23.9. The Morgan fingerprint density at radius 1 is 0.958 bits per heavy atom. The molecule has 0 spiro atoms. The van der Waals surface area contributed by atoms with Crippen molar-refractivity contribution >= 4 is 11.8 Å². The van der Waals surface area contributed by atoms with Gasteiger partial charge in [-0.2, -0.15) is 0 Å². The fraction of sp³-hybridized carbons (Fsp3) is 0.529. The molecule has 0 saturated heterocycles. The highest BCUT2D eigenvalue weighted by molar-refractivity contribution is 5.97. The second kappa shape index (κ2) is 8.42. The minimum absolute atomic E-state index is 0.0172. The highest BCUT2D eigenvalue weighted by Gasteiger charge is 2.30. The lowest BCUT2D eigenvalue weighted by molar-refractivity contribution is -0.123. The minimum Gasteiger partial charge on any atom is -0.490 e. The summed E-state index contributed by atoms with van der Waals surface area (Å²) in [5, 5.41) is 0. The van der Waals surface area contributed by atoms with E-state index in [1.165, 1.54) is 0 Å². The molecule has 1 saturated carbocycles. The van der Waals surface area contributed by atoms with Crippen molar-refractivity contribution in [1.82, 2.24) is 10.9 Å². The Morgan fingerprint density at radius 2 is 1.50 bits per heavy atom. The van der Waals surface area contributed by atoms with Crippen LogP contribution in [0.5, 0.6) is 17.2 Å². The largest absolute Gasteiger partial charge is 0.490 e. The van der Waals surface area contributed by atoms with Crippen molar-refractivity contribution in [3.05, 3.63) is 17.7 Å². The molecule has 0 aromatic heterocycles. The predicted molar refractivity (Wildman–Crippen MR) is 88.3 cm³/mol. The van der Waals surface area contributed by atoms with Crippen LogP contribution in [0.25, 0.3) is 0 Å². The fourth-order valence-corrected chi connectivity index (χ4v) is 2.16. The lowest BCUT2D eigenvalue weighted by Crippen LogP contribution is -2.42. The standard InChI is InChI=1S/C17H24N2O5/c1-4-22-13-9-12(10-14(23-5-2)15(13)24-6-3)17(21)19-18-16(20)11-7-8-11/h9-11H,4-8H2,1-3H3,(H,18,20)(H,19,21). The van der Waals surface area contributed by atoms with Crippen molar-refractivity contribution in [2.24, 2.45) is 5.92 Å². The third kappa shape index (κ3) is 4.53. The average molecular weight is 336 g/mol. The van der Waals surface area contributed by atoms with Crippen molar-refractivity contribution < 1.29 is 23.8 Å². The van der Waals surface area contributed by atoms with E-state index < -0.39 is 5.91 Å². The molecule has 1 aromatic carbocycles. The molecule has 132 valence electrons. The zero-order valence-corrected chi connectivity index (χ0v) is 14.3. The van der Waals surface area contributed by atoms with Crippen LogP contribution < -0.4 is 25.1 Å². The van der Waals surface area contributed by atoms with Gasteiger partial charge in [0.05, 0.1) is 19.8 Å². The summed E-state index contributed by atoms with van der Waals surface area (Å²) >= 11 is 0. The number of benzene rings is 1. The van der Waals surface area contributed by atoms with Crippen molar-refractivity contribution in [1.29, 1.82) is 0 Å². The summed E-state index contributed by atoms with van der Waals surface area (Å²) in [6.07, 6.45) is 1.74. The lowest BCUT2D eigenvalue weighted by atomic mass is 10.1. The SMILES string of the molecule is CCOc1cc(C(=O)NNC(=O)C2CC2)cc(OCC)c1OCC. The molecule has 7 heteroatoms. The number of carbonyl (C=O) groups is 2. The molecule has 0 unspecified atom stereocenters. The lowest BCUT2D eigenvalue weighted by Gasteiger charge is -2.17. The first-order chi connectivity index (χ1) is 11.6. The zero-order valence-electron chi connectivity index (χ0n) is 14.3. The molecule has 24 heavy (non-hydrogen) atoms. The van der Waals surface area contributed by atoms with E-state index in [1.807, 2.05) is 20.8 Å². The van der Waals surface area contributed by atoms with Crippen molar-refractivity contribution in [2.75, 3.05) is 19.8 Å². The van der Waals surface area contributed by atoms with E-state index in [4.69, 9.17) is 14.2 Å². The molecule has 0 radical (unpaired) electrons. The van der Waals surface area contributed by atoms with Crippen molar-refractivity contribution in [3.63, 3.8) is 0 Å². The molecule has 0 bridgehead atoms. The quantitative estimate of drug-likeness (QED) is 0.710. The third-order valence-electron chi connectivity index (χ3n) is 3.42. The monoisotopic (exact) mass is 336 g/mol. The van der Waals surface area contributed by atoms with E-state index in [-0.39, 0.29) is 11.8 Å². The molecule has 2 amide bonds. The van der Waals surface area contributed by atoms with Gasteiger partial charge in [0.15, 0.2) is 11.5 Å². The van der Waals surface area contributed by atoms with Gasteiger partial charge < -0.3 is 14.2 Å². The van der Waals surface area contributed by atoms with Crippen molar-refractivity contribution in [3.8, 4) is 17.2 Å². The van der Waals surface area contributed by atoms with Crippen LogP contribution in [0, 0.1) is 5.92 Å². The molecule has 2 rings (SSSR count). The summed E-state index contributed by atoms with van der Waals surface area (Å²) in [7, 11) is 0. The van der Waals surface area contributed by atoms with E-state index in [1.54, 1.807) is 12.1 Å². The van der Waals surface area contributed by atoms with Gasteiger partial charge in [-0.05, 0) is 45.7 Å². The Balaban J connectivity index is 2.20. The number of amides is 2. The summed E-state index contributed by atoms with van der Waals surface area (Å²) in [5.41, 5.74) is 5.17. The number of hydrogen-bond donors (Lipinski definition) is 2. The van der Waals surface area contributed by atoms with Crippen LogP contribution in [0.3, 0.4) is 0 Å². The zero-order chi connectivity index (χ0) is 17.5. The number of carbonyl (C=O) groups excluding carboxylic acids is 2. The maximum atomic E-state index is 12.3. The average Bonchev–Trinajstić information content (AvgIpc) is 3.40. The second-order valence-corrected chi connectivity index (χ2v) is 5.32. The fourth-order valence-electron chi connectivity index (χ4n) is 2.16. The maximum absolute atomic E-state index is 12.3. The van der Waals surface area contributed by atoms with Crippen LogP contribution in [0.4, 0.5) is 0 Å². The minimum atomic E-state index is -0.436. The van der Waals surface area contributed by atoms with E-state index >= 15 is 0 Å². The summed E-state index contributed by atoms with van der Waals surface area (Å²) in [5.74, 6) is 0.759. The van der Waals surface area contributed by atoms with E-state index in [2.05, 4.69) is 10.9 Å². The molecule has 0 atom stereocenters. The predicted octanol–water partition coefficient (Wildman–Crippen LogP) is 2.05. The molecule has 2 N–H and O–H groups in total. The first kappa shape index (κ1) is 17.9. The van der Waals surface area contributed by atoms with Gasteiger partial charge in [0.1, 0.15) is 0 Å². The van der Waals surface area contributed by atoms with Gasteiger partial charge in [-0.15, -0.1) is 0 Å². The van der Waals surface area contributed by atoms with Crippen LogP contribution in [-0.2, 0) is 4.79 Å². The molecule has 1 aromatic rings. The maximum Gasteiger partial charge on any atom is 0.269 e. The third-order valence-corrected chi connectivity index (χ3v) is 3.42. The molecule has 1 fully saturated rings. The van der Waals surface area contributed by atoms with Crippen LogP contribution >= 0.6 is 0 Å². The van der Waals surface area contributed by atoms with Gasteiger partial charge in [0.25, 0.3) is 5.91 Å². The van der Waals surface area contributed by atoms with Crippen molar-refractivity contribution in [2.45, 2.75) is 33.6 Å². The number of hydrogen-bond acceptors (Lipinski definition) is 5. The van der Waals surface area contributed by atoms with Gasteiger partial charge in [-0.3, -0.25) is 20.4 Å². The highest BCUT2D eigenvalue weighted by atomic mass is 16.5. The first-order valence-corrected chi connectivity index (χ1v) is 8.27. The van der Waals surface area contributed by atoms with Crippen LogP contribution in [0.1, 0.15) is 44.0 Å². The Labute approximate surface area is 141 Å². The van der Waals surface area contributed by atoms with Gasteiger partial charge in [-0.1, -0.05) is 0 Å². The molecule has 0 aliphatic heterocycles. The van der Waals surface area contributed by atoms with Gasteiger partial charge in [-0.25, -0.2) is 0 Å². The highest BCUT2D eigenvalue weighted by Crippen LogP contribution is 2.39. The van der Waals surface area contributed by atoms with Crippen LogP contribution in [0.2, 0.25) is 0 Å². The van der Waals surface area contributed by atoms with E-state index in [0.717, 1.165) is 12.8 Å². The number of rotatable bonds is 8. The number of hydrazine groups is 1.